The molecule has 1 aliphatic rings. The van der Waals surface area contributed by atoms with Crippen molar-refractivity contribution in [3.63, 3.8) is 0 Å². The number of nitrogens with zero attached hydrogens (tertiary/aromatic N) is 1. The van der Waals surface area contributed by atoms with Gasteiger partial charge in [-0.2, -0.15) is 11.3 Å². The summed E-state index contributed by atoms with van der Waals surface area (Å²) in [5.41, 5.74) is 2.06. The summed E-state index contributed by atoms with van der Waals surface area (Å²) < 4.78 is 13.5. The van der Waals surface area contributed by atoms with Crippen LogP contribution in [-0.4, -0.2) is 29.8 Å². The zero-order chi connectivity index (χ0) is 17.8. The maximum absolute atomic E-state index is 13.5. The van der Waals surface area contributed by atoms with Gasteiger partial charge in [0.15, 0.2) is 0 Å². The van der Waals surface area contributed by atoms with E-state index in [1.807, 2.05) is 22.9 Å². The molecule has 0 radical (unpaired) electrons. The van der Waals surface area contributed by atoms with E-state index in [9.17, 15) is 14.0 Å². The molecule has 0 spiro atoms. The molecule has 132 valence electrons. The number of nitrogens with one attached hydrogen (secondary N) is 1. The summed E-state index contributed by atoms with van der Waals surface area (Å²) in [5, 5.41) is 6.62. The predicted octanol–water partition coefficient (Wildman–Crippen LogP) is 3.36. The van der Waals surface area contributed by atoms with Crippen molar-refractivity contribution in [2.24, 2.45) is 5.92 Å². The second-order valence-electron chi connectivity index (χ2n) is 6.38. The summed E-state index contributed by atoms with van der Waals surface area (Å²) in [5.74, 6) is -0.340. The molecule has 1 aliphatic heterocycles. The van der Waals surface area contributed by atoms with Crippen molar-refractivity contribution in [2.45, 2.75) is 26.3 Å². The van der Waals surface area contributed by atoms with E-state index in [2.05, 4.69) is 5.32 Å². The maximum Gasteiger partial charge on any atom is 0.254 e. The molecule has 6 heteroatoms. The van der Waals surface area contributed by atoms with Crippen molar-refractivity contribution in [2.75, 3.05) is 13.1 Å². The predicted molar refractivity (Wildman–Crippen MR) is 95.9 cm³/mol. The van der Waals surface area contributed by atoms with Crippen LogP contribution in [0.5, 0.6) is 0 Å². The third-order valence-corrected chi connectivity index (χ3v) is 5.31. The Bertz CT molecular complexity index is 753. The molecule has 0 saturated carbocycles. The summed E-state index contributed by atoms with van der Waals surface area (Å²) >= 11 is 1.51. The van der Waals surface area contributed by atoms with Crippen LogP contribution < -0.4 is 5.32 Å². The second-order valence-corrected chi connectivity index (χ2v) is 7.16. The van der Waals surface area contributed by atoms with Crippen LogP contribution >= 0.6 is 11.3 Å². The number of benzene rings is 1. The molecule has 25 heavy (non-hydrogen) atoms. The van der Waals surface area contributed by atoms with Crippen molar-refractivity contribution >= 4 is 23.2 Å². The minimum Gasteiger partial charge on any atom is -0.352 e. The SMILES string of the molecule is Cc1ccc(CNC(=O)C2CCN(C(=O)c3ccsc3)CC2)cc1F. The summed E-state index contributed by atoms with van der Waals surface area (Å²) in [6.07, 6.45) is 1.31. The number of aryl methyl sites for hydroxylation is 1. The van der Waals surface area contributed by atoms with Gasteiger partial charge in [0.2, 0.25) is 5.91 Å². The first-order valence-electron chi connectivity index (χ1n) is 8.39. The normalized spacial score (nSPS) is 15.2. The van der Waals surface area contributed by atoms with Crippen LogP contribution in [0.3, 0.4) is 0 Å². The quantitative estimate of drug-likeness (QED) is 0.909. The standard InChI is InChI=1S/C19H21FN2O2S/c1-13-2-3-14(10-17(13)20)11-21-18(23)15-4-7-22(8-5-15)19(24)16-6-9-25-12-16/h2-3,6,9-10,12,15H,4-5,7-8,11H2,1H3,(H,21,23). The maximum atomic E-state index is 13.5. The highest BCUT2D eigenvalue weighted by Crippen LogP contribution is 2.20. The number of hydrogen-bond acceptors (Lipinski definition) is 3. The van der Waals surface area contributed by atoms with Crippen LogP contribution in [0.1, 0.15) is 34.3 Å². The fourth-order valence-corrected chi connectivity index (χ4v) is 3.62. The summed E-state index contributed by atoms with van der Waals surface area (Å²) in [6, 6.07) is 6.82. The molecule has 4 nitrogen and oxygen atoms in total. The lowest BCUT2D eigenvalue weighted by Gasteiger charge is -2.31. The van der Waals surface area contributed by atoms with Gasteiger partial charge in [-0.25, -0.2) is 4.39 Å². The third kappa shape index (κ3) is 4.25. The lowest BCUT2D eigenvalue weighted by molar-refractivity contribution is -0.126. The Morgan fingerprint density at radius 1 is 1.28 bits per heavy atom. The number of halogens is 1. The van der Waals surface area contributed by atoms with Crippen molar-refractivity contribution in [1.29, 1.82) is 0 Å². The number of piperidine rings is 1. The van der Waals surface area contributed by atoms with Crippen LogP contribution in [-0.2, 0) is 11.3 Å². The number of amides is 2. The number of thiophene rings is 1. The fraction of sp³-hybridized carbons (Fsp3) is 0.368. The molecule has 2 heterocycles. The van der Waals surface area contributed by atoms with E-state index in [0.717, 1.165) is 5.56 Å². The van der Waals surface area contributed by atoms with Gasteiger partial charge < -0.3 is 10.2 Å². The van der Waals surface area contributed by atoms with E-state index in [1.54, 1.807) is 17.9 Å². The molecule has 0 aliphatic carbocycles. The molecular weight excluding hydrogens is 339 g/mol. The number of carbonyl (C=O) groups is 2. The van der Waals surface area contributed by atoms with E-state index in [0.29, 0.717) is 43.6 Å². The highest BCUT2D eigenvalue weighted by atomic mass is 32.1. The van der Waals surface area contributed by atoms with E-state index >= 15 is 0 Å². The Hall–Kier alpha value is -2.21. The molecule has 0 unspecified atom stereocenters. The Balaban J connectivity index is 1.48. The van der Waals surface area contributed by atoms with Gasteiger partial charge in [0.1, 0.15) is 5.82 Å². The van der Waals surface area contributed by atoms with Crippen LogP contribution in [0.25, 0.3) is 0 Å². The summed E-state index contributed by atoms with van der Waals surface area (Å²) in [4.78, 5) is 26.4. The molecule has 1 aromatic heterocycles. The van der Waals surface area contributed by atoms with Crippen LogP contribution in [0.4, 0.5) is 4.39 Å². The Labute approximate surface area is 150 Å². The Kier molecular flexibility index (Phi) is 5.48. The zero-order valence-corrected chi connectivity index (χ0v) is 14.9. The average molecular weight is 360 g/mol. The van der Waals surface area contributed by atoms with E-state index < -0.39 is 0 Å². The van der Waals surface area contributed by atoms with Crippen molar-refractivity contribution < 1.29 is 14.0 Å². The highest BCUT2D eigenvalue weighted by molar-refractivity contribution is 7.08. The minimum absolute atomic E-state index is 0.0244. The Morgan fingerprint density at radius 2 is 2.04 bits per heavy atom. The van der Waals surface area contributed by atoms with E-state index in [4.69, 9.17) is 0 Å². The van der Waals surface area contributed by atoms with Gasteiger partial charge in [-0.05, 0) is 48.4 Å². The average Bonchev–Trinajstić information content (AvgIpc) is 3.16. The molecule has 0 atom stereocenters. The number of rotatable bonds is 4. The largest absolute Gasteiger partial charge is 0.352 e. The molecular formula is C19H21FN2O2S. The van der Waals surface area contributed by atoms with E-state index in [1.165, 1.54) is 17.4 Å². The zero-order valence-electron chi connectivity index (χ0n) is 14.1. The van der Waals surface area contributed by atoms with Gasteiger partial charge in [-0.3, -0.25) is 9.59 Å². The molecule has 2 aromatic rings. The minimum atomic E-state index is -0.257. The topological polar surface area (TPSA) is 49.4 Å². The van der Waals surface area contributed by atoms with Gasteiger partial charge in [0.25, 0.3) is 5.91 Å². The molecule has 1 fully saturated rings. The fourth-order valence-electron chi connectivity index (χ4n) is 2.99. The lowest BCUT2D eigenvalue weighted by Crippen LogP contribution is -2.42. The molecule has 2 amide bonds. The van der Waals surface area contributed by atoms with Crippen LogP contribution in [0.2, 0.25) is 0 Å². The smallest absolute Gasteiger partial charge is 0.254 e. The monoisotopic (exact) mass is 360 g/mol. The summed E-state index contributed by atoms with van der Waals surface area (Å²) in [7, 11) is 0. The van der Waals surface area contributed by atoms with Crippen molar-refractivity contribution in [1.82, 2.24) is 10.2 Å². The van der Waals surface area contributed by atoms with Crippen LogP contribution in [0, 0.1) is 18.7 Å². The van der Waals surface area contributed by atoms with Crippen molar-refractivity contribution in [3.8, 4) is 0 Å². The number of carbonyl (C=O) groups excluding carboxylic acids is 2. The van der Waals surface area contributed by atoms with Gasteiger partial charge in [-0.15, -0.1) is 0 Å². The molecule has 1 aromatic carbocycles. The highest BCUT2D eigenvalue weighted by Gasteiger charge is 2.27. The van der Waals surface area contributed by atoms with Gasteiger partial charge >= 0.3 is 0 Å². The number of likely N-dealkylation sites (tertiary alicyclic amines) is 1. The summed E-state index contributed by atoms with van der Waals surface area (Å²) in [6.45, 7) is 3.21. The van der Waals surface area contributed by atoms with E-state index in [-0.39, 0.29) is 23.5 Å². The first-order valence-corrected chi connectivity index (χ1v) is 9.33. The molecule has 3 rings (SSSR count). The van der Waals surface area contributed by atoms with Crippen molar-refractivity contribution in [3.05, 3.63) is 57.5 Å². The molecule has 1 saturated heterocycles. The van der Waals surface area contributed by atoms with Crippen LogP contribution in [0.15, 0.2) is 35.0 Å². The van der Waals surface area contributed by atoms with Gasteiger partial charge in [0.05, 0.1) is 5.56 Å². The third-order valence-electron chi connectivity index (χ3n) is 4.62. The lowest BCUT2D eigenvalue weighted by atomic mass is 9.95. The van der Waals surface area contributed by atoms with Gasteiger partial charge in [0, 0.05) is 30.9 Å². The Morgan fingerprint density at radius 3 is 2.68 bits per heavy atom. The first-order chi connectivity index (χ1) is 12.0. The first kappa shape index (κ1) is 17.6. The molecule has 0 bridgehead atoms. The second kappa shape index (κ2) is 7.78. The molecule has 1 N–H and O–H groups in total. The number of hydrogen-bond donors (Lipinski definition) is 1. The van der Waals surface area contributed by atoms with Gasteiger partial charge in [-0.1, -0.05) is 12.1 Å².